The molecule has 0 saturated heterocycles. The number of carbonyl (C=O) groups excluding carboxylic acids is 3. The lowest BCUT2D eigenvalue weighted by Crippen LogP contribution is -2.49. The van der Waals surface area contributed by atoms with Crippen LogP contribution in [0.3, 0.4) is 0 Å². The molecule has 2 aliphatic rings. The van der Waals surface area contributed by atoms with Gasteiger partial charge in [0.1, 0.15) is 11.8 Å². The molecule has 46 heavy (non-hydrogen) atoms. The van der Waals surface area contributed by atoms with E-state index in [1.807, 2.05) is 51.1 Å². The van der Waals surface area contributed by atoms with Crippen LogP contribution in [0.4, 0.5) is 0 Å². The van der Waals surface area contributed by atoms with Crippen molar-refractivity contribution < 1.29 is 33.7 Å². The second-order valence-electron chi connectivity index (χ2n) is 12.4. The van der Waals surface area contributed by atoms with E-state index in [1.54, 1.807) is 31.2 Å². The highest BCUT2D eigenvalue weighted by Gasteiger charge is 2.39. The molecule has 0 spiro atoms. The summed E-state index contributed by atoms with van der Waals surface area (Å²) in [5.74, 6) is -1.70. The largest absolute Gasteiger partial charge is 0.495 e. The number of aliphatic hydroxyl groups is 1. The Morgan fingerprint density at radius 3 is 2.50 bits per heavy atom. The molecule has 0 unspecified atom stereocenters. The molecule has 0 saturated carbocycles. The highest BCUT2D eigenvalue weighted by atomic mass is 35.5. The van der Waals surface area contributed by atoms with E-state index in [4.69, 9.17) is 30.8 Å². The van der Waals surface area contributed by atoms with Crippen LogP contribution in [0.15, 0.2) is 65.7 Å². The monoisotopic (exact) mass is 653 g/mol. The van der Waals surface area contributed by atoms with E-state index >= 15 is 0 Å². The molecule has 4 rings (SSSR count). The van der Waals surface area contributed by atoms with E-state index in [2.05, 4.69) is 10.6 Å². The lowest BCUT2D eigenvalue weighted by atomic mass is 9.88. The van der Waals surface area contributed by atoms with Gasteiger partial charge in [0.05, 0.1) is 30.2 Å². The van der Waals surface area contributed by atoms with E-state index in [0.717, 1.165) is 5.56 Å². The summed E-state index contributed by atoms with van der Waals surface area (Å²) in [6, 6.07) is 13.1. The minimum Gasteiger partial charge on any atom is -0.495 e. The maximum atomic E-state index is 13.4. The van der Waals surface area contributed by atoms with Gasteiger partial charge in [-0.25, -0.2) is 4.99 Å². The summed E-state index contributed by atoms with van der Waals surface area (Å²) >= 11 is 6.31. The lowest BCUT2D eigenvalue weighted by molar-refractivity contribution is -0.151. The second-order valence-corrected chi connectivity index (χ2v) is 12.8. The lowest BCUT2D eigenvalue weighted by Gasteiger charge is -2.29. The third-order valence-electron chi connectivity index (χ3n) is 8.26. The molecule has 0 fully saturated rings. The van der Waals surface area contributed by atoms with E-state index in [9.17, 15) is 19.5 Å². The van der Waals surface area contributed by atoms with Gasteiger partial charge >= 0.3 is 5.97 Å². The molecule has 2 heterocycles. The first-order valence-corrected chi connectivity index (χ1v) is 16.1. The smallest absolute Gasteiger partial charge is 0.311 e. The first kappa shape index (κ1) is 35.0. The number of nitrogens with zero attached hydrogens (tertiary/aromatic N) is 1. The number of benzene rings is 2. The van der Waals surface area contributed by atoms with E-state index < -0.39 is 54.1 Å². The molecular weight excluding hydrogens is 610 g/mol. The molecule has 0 radical (unpaired) electrons. The van der Waals surface area contributed by atoms with Crippen molar-refractivity contribution >= 4 is 35.3 Å². The number of fused-ring (bicyclic) bond motifs is 1. The van der Waals surface area contributed by atoms with Crippen LogP contribution in [-0.4, -0.2) is 66.7 Å². The van der Waals surface area contributed by atoms with Gasteiger partial charge in [-0.15, -0.1) is 0 Å². The number of esters is 1. The zero-order chi connectivity index (χ0) is 33.4. The predicted molar refractivity (Wildman–Crippen MR) is 176 cm³/mol. The van der Waals surface area contributed by atoms with Crippen molar-refractivity contribution in [3.63, 3.8) is 0 Å². The number of cyclic esters (lactones) is 1. The number of ether oxygens (including phenoxy) is 3. The van der Waals surface area contributed by atoms with Gasteiger partial charge in [0.2, 0.25) is 17.7 Å². The average molecular weight is 654 g/mol. The summed E-state index contributed by atoms with van der Waals surface area (Å²) in [5.41, 5.74) is 1.48. The predicted octanol–water partition coefficient (Wildman–Crippen LogP) is 4.58. The Morgan fingerprint density at radius 1 is 1.09 bits per heavy atom. The summed E-state index contributed by atoms with van der Waals surface area (Å²) in [4.78, 5) is 44.8. The number of aliphatic imine (C=N–C) groups is 1. The number of hydrogen-bond donors (Lipinski definition) is 3. The van der Waals surface area contributed by atoms with E-state index in [-0.39, 0.29) is 30.7 Å². The van der Waals surface area contributed by atoms with Crippen molar-refractivity contribution in [1.29, 1.82) is 0 Å². The summed E-state index contributed by atoms with van der Waals surface area (Å²) in [6.45, 7) is 7.55. The van der Waals surface area contributed by atoms with Gasteiger partial charge in [0.25, 0.3) is 0 Å². The molecule has 10 nitrogen and oxygen atoms in total. The Balaban J connectivity index is 1.67. The molecule has 7 atom stereocenters. The molecule has 2 aliphatic heterocycles. The third-order valence-corrected chi connectivity index (χ3v) is 8.56. The number of carbonyl (C=O) groups is 3. The van der Waals surface area contributed by atoms with E-state index in [0.29, 0.717) is 29.2 Å². The standard InChI is InChI=1S/C35H44ClN3O7/c1-20(2)16-29-34-39-26(22(4)31(41)32(46-34)24-10-7-6-8-11-24)12-9-13-30(40)38-27(33(42)37-19-21(3)35(43)45-29)18-23-14-15-28(44-5)25(36)17-23/h6-11,13-15,17,20-22,26-27,29,31-32,41H,12,16,18-19H2,1-5H3,(H,37,42)(H,38,40)/b13-9+/t21-,22+,26+,27-,29+,31-,32+/m1/s1. The molecule has 2 amide bonds. The van der Waals surface area contributed by atoms with Crippen molar-refractivity contribution in [2.24, 2.45) is 22.7 Å². The molecule has 2 bridgehead atoms. The van der Waals surface area contributed by atoms with Gasteiger partial charge in [0, 0.05) is 18.9 Å². The molecule has 2 aromatic carbocycles. The van der Waals surface area contributed by atoms with Gasteiger partial charge < -0.3 is 30.0 Å². The van der Waals surface area contributed by atoms with Crippen LogP contribution in [0.2, 0.25) is 5.02 Å². The fourth-order valence-electron chi connectivity index (χ4n) is 5.51. The molecule has 0 aromatic heterocycles. The van der Waals surface area contributed by atoms with Crippen LogP contribution in [-0.2, 0) is 30.3 Å². The van der Waals surface area contributed by atoms with Crippen molar-refractivity contribution in [1.82, 2.24) is 10.6 Å². The number of aliphatic hydroxyl groups excluding tert-OH is 1. The van der Waals surface area contributed by atoms with Crippen LogP contribution < -0.4 is 15.4 Å². The number of nitrogens with one attached hydrogen (secondary N) is 2. The Hall–Kier alpha value is -3.89. The van der Waals surface area contributed by atoms with Gasteiger partial charge in [-0.3, -0.25) is 14.4 Å². The SMILES string of the molecule is COc1ccc(C[C@H]2NC(=O)/C=C/C[C@@H]3N=C(O[C@@H](c4ccccc4)[C@H](O)[C@H]3C)[C@H](CC(C)C)OC(=O)[C@H](C)CNC2=O)cc1Cl. The van der Waals surface area contributed by atoms with Gasteiger partial charge in [-0.2, -0.15) is 0 Å². The van der Waals surface area contributed by atoms with Crippen LogP contribution in [0, 0.1) is 17.8 Å². The fourth-order valence-corrected chi connectivity index (χ4v) is 5.79. The Kier molecular flexibility index (Phi) is 12.2. The van der Waals surface area contributed by atoms with E-state index in [1.165, 1.54) is 13.2 Å². The van der Waals surface area contributed by atoms with Crippen molar-refractivity contribution in [2.75, 3.05) is 13.7 Å². The molecule has 11 heteroatoms. The second kappa shape index (κ2) is 16.1. The van der Waals surface area contributed by atoms with Crippen LogP contribution in [0.25, 0.3) is 0 Å². The highest BCUT2D eigenvalue weighted by Crippen LogP contribution is 2.34. The summed E-state index contributed by atoms with van der Waals surface area (Å²) < 4.78 is 17.7. The zero-order valence-corrected chi connectivity index (χ0v) is 27.7. The third kappa shape index (κ3) is 9.10. The maximum Gasteiger partial charge on any atom is 0.311 e. The Bertz CT molecular complexity index is 1430. The number of hydrogen-bond acceptors (Lipinski definition) is 8. The van der Waals surface area contributed by atoms with Gasteiger partial charge in [-0.1, -0.05) is 81.8 Å². The van der Waals surface area contributed by atoms with Crippen molar-refractivity contribution in [3.8, 4) is 5.75 Å². The van der Waals surface area contributed by atoms with Gasteiger partial charge in [0.15, 0.2) is 12.2 Å². The molecule has 0 aliphatic carbocycles. The molecule has 248 valence electrons. The van der Waals surface area contributed by atoms with Crippen LogP contribution in [0.1, 0.15) is 57.8 Å². The Morgan fingerprint density at radius 2 is 1.83 bits per heavy atom. The number of methoxy groups -OCH3 is 1. The number of halogens is 1. The molecule has 2 aromatic rings. The quantitative estimate of drug-likeness (QED) is 0.389. The topological polar surface area (TPSA) is 136 Å². The minimum atomic E-state index is -0.949. The summed E-state index contributed by atoms with van der Waals surface area (Å²) in [7, 11) is 1.51. The van der Waals surface area contributed by atoms with Crippen molar-refractivity contribution in [3.05, 3.63) is 76.8 Å². The maximum absolute atomic E-state index is 13.4. The molecular formula is C35H44ClN3O7. The first-order valence-electron chi connectivity index (χ1n) is 15.7. The summed E-state index contributed by atoms with van der Waals surface area (Å²) in [5, 5.41) is 17.5. The Labute approximate surface area is 275 Å². The minimum absolute atomic E-state index is 0.0179. The fraction of sp³-hybridized carbons (Fsp3) is 0.486. The first-order chi connectivity index (χ1) is 22.0. The van der Waals surface area contributed by atoms with Gasteiger partial charge in [-0.05, 0) is 48.1 Å². The van der Waals surface area contributed by atoms with Crippen LogP contribution in [0.5, 0.6) is 5.75 Å². The average Bonchev–Trinajstić information content (AvgIpc) is 3.14. The zero-order valence-electron chi connectivity index (χ0n) is 26.9. The van der Waals surface area contributed by atoms with Crippen LogP contribution >= 0.6 is 11.6 Å². The normalized spacial score (nSPS) is 28.6. The molecule has 3 N–H and O–H groups in total. The number of amides is 2. The van der Waals surface area contributed by atoms with Crippen molar-refractivity contribution in [2.45, 2.75) is 77.4 Å². The number of rotatable bonds is 6. The highest BCUT2D eigenvalue weighted by molar-refractivity contribution is 6.32. The summed E-state index contributed by atoms with van der Waals surface area (Å²) in [6.07, 6.45) is 1.44.